The van der Waals surface area contributed by atoms with E-state index in [0.29, 0.717) is 18.7 Å². The number of nitro benzene ring substituents is 1. The molecule has 2 rings (SSSR count). The van der Waals surface area contributed by atoms with Crippen LogP contribution in [0.4, 0.5) is 17.1 Å². The number of isocyanates is 1. The molecule has 6 heteroatoms. The number of para-hydroxylation sites is 2. The second-order valence-electron chi connectivity index (χ2n) is 4.32. The smallest absolute Gasteiger partial charge is 0.292 e. The number of nitrogens with zero attached hydrogens (tertiary/aromatic N) is 2. The van der Waals surface area contributed by atoms with E-state index < -0.39 is 4.92 Å². The summed E-state index contributed by atoms with van der Waals surface area (Å²) in [5.74, 6) is 0. The monoisotopic (exact) mass is 283 g/mol. The number of aliphatic imine (C=N–C) groups is 1. The summed E-state index contributed by atoms with van der Waals surface area (Å²) >= 11 is 0. The molecule has 0 aliphatic carbocycles. The molecule has 0 bridgehead atoms. The fraction of sp³-hybridized carbons (Fsp3) is 0.133. The van der Waals surface area contributed by atoms with Crippen molar-refractivity contribution in [1.29, 1.82) is 0 Å². The second-order valence-corrected chi connectivity index (χ2v) is 4.32. The van der Waals surface area contributed by atoms with Gasteiger partial charge in [-0.15, -0.1) is 0 Å². The zero-order valence-electron chi connectivity index (χ0n) is 11.2. The Kier molecular flexibility index (Phi) is 4.79. The highest BCUT2D eigenvalue weighted by Gasteiger charge is 2.11. The molecule has 2 aromatic carbocycles. The molecule has 0 amide bonds. The summed E-state index contributed by atoms with van der Waals surface area (Å²) in [5.41, 5.74) is 2.26. The molecule has 0 aliphatic rings. The number of nitrogens with one attached hydrogen (secondary N) is 1. The van der Waals surface area contributed by atoms with Crippen LogP contribution in [0, 0.1) is 10.1 Å². The standard InChI is InChI=1S/C15H13N3O3/c19-11-16-10-9-12-5-7-13(8-6-12)17-14-3-1-2-4-15(14)18(20)21/h1-8,17H,9-10H2. The molecule has 0 heterocycles. The van der Waals surface area contributed by atoms with E-state index in [9.17, 15) is 14.9 Å². The van der Waals surface area contributed by atoms with Crippen molar-refractivity contribution < 1.29 is 9.72 Å². The van der Waals surface area contributed by atoms with Crippen LogP contribution in [0.5, 0.6) is 0 Å². The van der Waals surface area contributed by atoms with Crippen LogP contribution in [0.15, 0.2) is 53.5 Å². The first kappa shape index (κ1) is 14.4. The van der Waals surface area contributed by atoms with Gasteiger partial charge >= 0.3 is 0 Å². The Morgan fingerprint density at radius 1 is 1.14 bits per heavy atom. The highest BCUT2D eigenvalue weighted by Crippen LogP contribution is 2.26. The van der Waals surface area contributed by atoms with Gasteiger partial charge in [0.1, 0.15) is 5.69 Å². The van der Waals surface area contributed by atoms with Gasteiger partial charge in [0.25, 0.3) is 5.69 Å². The lowest BCUT2D eigenvalue weighted by Gasteiger charge is -2.07. The normalized spacial score (nSPS) is 9.71. The van der Waals surface area contributed by atoms with Crippen LogP contribution in [0.1, 0.15) is 5.56 Å². The fourth-order valence-corrected chi connectivity index (χ4v) is 1.88. The van der Waals surface area contributed by atoms with Crippen LogP contribution in [0.2, 0.25) is 0 Å². The van der Waals surface area contributed by atoms with Crippen molar-refractivity contribution in [2.45, 2.75) is 6.42 Å². The van der Waals surface area contributed by atoms with Gasteiger partial charge in [0, 0.05) is 11.8 Å². The Bertz CT molecular complexity index is 677. The van der Waals surface area contributed by atoms with Crippen molar-refractivity contribution in [3.8, 4) is 0 Å². The predicted molar refractivity (Wildman–Crippen MR) is 79.5 cm³/mol. The minimum atomic E-state index is -0.422. The Hall–Kier alpha value is -2.98. The van der Waals surface area contributed by atoms with E-state index in [1.807, 2.05) is 24.3 Å². The van der Waals surface area contributed by atoms with Gasteiger partial charge in [-0.3, -0.25) is 10.1 Å². The lowest BCUT2D eigenvalue weighted by Crippen LogP contribution is -1.97. The number of rotatable bonds is 6. The maximum Gasteiger partial charge on any atom is 0.292 e. The quantitative estimate of drug-likeness (QED) is 0.382. The van der Waals surface area contributed by atoms with E-state index in [1.165, 1.54) is 12.1 Å². The van der Waals surface area contributed by atoms with Crippen LogP contribution >= 0.6 is 0 Å². The Labute approximate surface area is 121 Å². The lowest BCUT2D eigenvalue weighted by molar-refractivity contribution is -0.383. The largest absolute Gasteiger partial charge is 0.350 e. The molecule has 0 aromatic heterocycles. The summed E-state index contributed by atoms with van der Waals surface area (Å²) < 4.78 is 0. The third-order valence-corrected chi connectivity index (χ3v) is 2.91. The predicted octanol–water partition coefficient (Wildman–Crippen LogP) is 3.22. The summed E-state index contributed by atoms with van der Waals surface area (Å²) in [5, 5.41) is 14.0. The molecular weight excluding hydrogens is 270 g/mol. The molecule has 2 aromatic rings. The zero-order chi connectivity index (χ0) is 15.1. The lowest BCUT2D eigenvalue weighted by atomic mass is 10.1. The molecule has 0 atom stereocenters. The summed E-state index contributed by atoms with van der Waals surface area (Å²) in [6, 6.07) is 13.9. The van der Waals surface area contributed by atoms with E-state index in [0.717, 1.165) is 11.3 Å². The zero-order valence-corrected chi connectivity index (χ0v) is 11.2. The van der Waals surface area contributed by atoms with Gasteiger partial charge in [-0.05, 0) is 30.2 Å². The van der Waals surface area contributed by atoms with Gasteiger partial charge in [0.2, 0.25) is 6.08 Å². The van der Waals surface area contributed by atoms with E-state index in [1.54, 1.807) is 18.2 Å². The minimum absolute atomic E-state index is 0.0295. The highest BCUT2D eigenvalue weighted by atomic mass is 16.6. The third-order valence-electron chi connectivity index (χ3n) is 2.91. The number of carbonyl (C=O) groups excluding carboxylic acids is 1. The number of nitro groups is 1. The van der Waals surface area contributed by atoms with Gasteiger partial charge in [-0.1, -0.05) is 24.3 Å². The Balaban J connectivity index is 2.10. The topological polar surface area (TPSA) is 84.6 Å². The van der Waals surface area contributed by atoms with Gasteiger partial charge in [-0.2, -0.15) is 0 Å². The first-order chi connectivity index (χ1) is 10.2. The third kappa shape index (κ3) is 3.99. The molecule has 0 fully saturated rings. The SMILES string of the molecule is O=C=NCCc1ccc(Nc2ccccc2[N+](=O)[O-])cc1. The maximum atomic E-state index is 10.9. The van der Waals surface area contributed by atoms with Crippen molar-refractivity contribution in [2.75, 3.05) is 11.9 Å². The van der Waals surface area contributed by atoms with E-state index in [-0.39, 0.29) is 5.69 Å². The Morgan fingerprint density at radius 2 is 1.86 bits per heavy atom. The van der Waals surface area contributed by atoms with Crippen molar-refractivity contribution in [2.24, 2.45) is 4.99 Å². The molecule has 6 nitrogen and oxygen atoms in total. The fourth-order valence-electron chi connectivity index (χ4n) is 1.88. The van der Waals surface area contributed by atoms with E-state index in [2.05, 4.69) is 10.3 Å². The van der Waals surface area contributed by atoms with Gasteiger partial charge < -0.3 is 5.32 Å². The molecule has 0 saturated heterocycles. The molecule has 0 unspecified atom stereocenters. The molecule has 0 aliphatic heterocycles. The van der Waals surface area contributed by atoms with Crippen molar-refractivity contribution >= 4 is 23.1 Å². The first-order valence-corrected chi connectivity index (χ1v) is 6.33. The van der Waals surface area contributed by atoms with Crippen LogP contribution < -0.4 is 5.32 Å². The molecule has 21 heavy (non-hydrogen) atoms. The Morgan fingerprint density at radius 3 is 2.52 bits per heavy atom. The summed E-state index contributed by atoms with van der Waals surface area (Å²) in [7, 11) is 0. The van der Waals surface area contributed by atoms with Crippen molar-refractivity contribution in [1.82, 2.24) is 0 Å². The first-order valence-electron chi connectivity index (χ1n) is 6.33. The van der Waals surface area contributed by atoms with Crippen LogP contribution in [-0.4, -0.2) is 17.5 Å². The number of hydrogen-bond donors (Lipinski definition) is 1. The summed E-state index contributed by atoms with van der Waals surface area (Å²) in [4.78, 5) is 24.0. The second kappa shape index (κ2) is 6.98. The van der Waals surface area contributed by atoms with Gasteiger partial charge in [0.15, 0.2) is 0 Å². The molecule has 106 valence electrons. The van der Waals surface area contributed by atoms with E-state index >= 15 is 0 Å². The number of anilines is 2. The molecule has 0 saturated carbocycles. The highest BCUT2D eigenvalue weighted by molar-refractivity contribution is 5.69. The number of benzene rings is 2. The summed E-state index contributed by atoms with van der Waals surface area (Å²) in [6.07, 6.45) is 2.15. The molecule has 1 N–H and O–H groups in total. The number of hydrogen-bond acceptors (Lipinski definition) is 5. The van der Waals surface area contributed by atoms with Crippen LogP contribution in [0.25, 0.3) is 0 Å². The van der Waals surface area contributed by atoms with Crippen LogP contribution in [0.3, 0.4) is 0 Å². The van der Waals surface area contributed by atoms with Crippen molar-refractivity contribution in [3.63, 3.8) is 0 Å². The minimum Gasteiger partial charge on any atom is -0.350 e. The van der Waals surface area contributed by atoms with Gasteiger partial charge in [-0.25, -0.2) is 9.79 Å². The van der Waals surface area contributed by atoms with Crippen LogP contribution in [-0.2, 0) is 11.2 Å². The average Bonchev–Trinajstić information content (AvgIpc) is 2.50. The van der Waals surface area contributed by atoms with E-state index in [4.69, 9.17) is 0 Å². The molecule has 0 spiro atoms. The molecule has 0 radical (unpaired) electrons. The summed E-state index contributed by atoms with van der Waals surface area (Å²) in [6.45, 7) is 0.403. The van der Waals surface area contributed by atoms with Crippen molar-refractivity contribution in [3.05, 3.63) is 64.2 Å². The van der Waals surface area contributed by atoms with Gasteiger partial charge in [0.05, 0.1) is 11.5 Å². The molecular formula is C15H13N3O3. The maximum absolute atomic E-state index is 10.9. The average molecular weight is 283 g/mol.